The van der Waals surface area contributed by atoms with Crippen LogP contribution in [0, 0.1) is 6.92 Å². The van der Waals surface area contributed by atoms with Gasteiger partial charge in [0.05, 0.1) is 0 Å². The highest BCUT2D eigenvalue weighted by atomic mass is 14.3. The van der Waals surface area contributed by atoms with Crippen LogP contribution in [0.25, 0.3) is 22.3 Å². The lowest BCUT2D eigenvalue weighted by Crippen LogP contribution is -2.01. The van der Waals surface area contributed by atoms with Crippen LogP contribution >= 0.6 is 0 Å². The van der Waals surface area contributed by atoms with Crippen LogP contribution in [-0.2, 0) is 6.42 Å². The summed E-state index contributed by atoms with van der Waals surface area (Å²) < 4.78 is 0. The minimum atomic E-state index is 0.505. The topological polar surface area (TPSA) is 0 Å². The number of fused-ring (bicyclic) bond motifs is 3. The molecular weight excluding hydrogens is 312 g/mol. The average Bonchev–Trinajstić information content (AvgIpc) is 3.07. The summed E-state index contributed by atoms with van der Waals surface area (Å²) in [5, 5.41) is 0. The Balaban J connectivity index is 1.68. The second-order valence-corrected chi connectivity index (χ2v) is 7.41. The molecule has 0 saturated heterocycles. The Bertz CT molecular complexity index is 1040. The number of aryl methyl sites for hydroxylation is 1. The largest absolute Gasteiger partial charge is 0.0836 e. The summed E-state index contributed by atoms with van der Waals surface area (Å²) in [5.74, 6) is 0.505. The summed E-state index contributed by atoms with van der Waals surface area (Å²) in [4.78, 5) is 0. The van der Waals surface area contributed by atoms with Gasteiger partial charge < -0.3 is 0 Å². The van der Waals surface area contributed by atoms with E-state index in [4.69, 9.17) is 0 Å². The van der Waals surface area contributed by atoms with Crippen LogP contribution in [0.1, 0.15) is 34.6 Å². The summed E-state index contributed by atoms with van der Waals surface area (Å²) in [5.41, 5.74) is 11.4. The van der Waals surface area contributed by atoms with Crippen LogP contribution in [0.4, 0.5) is 0 Å². The number of allylic oxidation sites excluding steroid dienone is 4. The molecule has 0 heterocycles. The third kappa shape index (κ3) is 2.45. The number of benzene rings is 3. The van der Waals surface area contributed by atoms with Gasteiger partial charge in [0.15, 0.2) is 0 Å². The number of hydrogen-bond acceptors (Lipinski definition) is 0. The van der Waals surface area contributed by atoms with Crippen molar-refractivity contribution in [2.24, 2.45) is 0 Å². The van der Waals surface area contributed by atoms with E-state index in [9.17, 15) is 0 Å². The smallest absolute Gasteiger partial charge is 0.00587 e. The molecule has 0 nitrogen and oxygen atoms in total. The molecule has 0 saturated carbocycles. The molecule has 2 aliphatic rings. The van der Waals surface area contributed by atoms with Crippen LogP contribution < -0.4 is 0 Å². The molecule has 1 atom stereocenters. The highest BCUT2D eigenvalue weighted by Gasteiger charge is 2.26. The van der Waals surface area contributed by atoms with Crippen LogP contribution in [0.5, 0.6) is 0 Å². The maximum atomic E-state index is 2.37. The van der Waals surface area contributed by atoms with E-state index in [2.05, 4.69) is 91.9 Å². The molecule has 0 N–H and O–H groups in total. The van der Waals surface area contributed by atoms with Crippen molar-refractivity contribution < 1.29 is 0 Å². The molecule has 3 aromatic rings. The van der Waals surface area contributed by atoms with Crippen molar-refractivity contribution in [2.45, 2.75) is 25.7 Å². The normalized spacial score (nSPS) is 17.2. The first-order chi connectivity index (χ1) is 12.8. The number of hydrogen-bond donors (Lipinski definition) is 0. The predicted molar refractivity (Wildman–Crippen MR) is 110 cm³/mol. The Labute approximate surface area is 155 Å². The molecule has 0 fully saturated rings. The first-order valence-corrected chi connectivity index (χ1v) is 9.46. The fourth-order valence-corrected chi connectivity index (χ4v) is 4.51. The molecule has 0 aliphatic heterocycles. The number of rotatable bonds is 2. The Morgan fingerprint density at radius 3 is 2.42 bits per heavy atom. The van der Waals surface area contributed by atoms with Crippen molar-refractivity contribution in [3.05, 3.63) is 107 Å². The monoisotopic (exact) mass is 334 g/mol. The second-order valence-electron chi connectivity index (χ2n) is 7.41. The van der Waals surface area contributed by atoms with Gasteiger partial charge >= 0.3 is 0 Å². The van der Waals surface area contributed by atoms with Crippen molar-refractivity contribution in [3.63, 3.8) is 0 Å². The zero-order valence-corrected chi connectivity index (χ0v) is 15.1. The summed E-state index contributed by atoms with van der Waals surface area (Å²) in [6.45, 7) is 2.21. The lowest BCUT2D eigenvalue weighted by molar-refractivity contribution is 0.842. The molecule has 0 radical (unpaired) electrons. The molecule has 1 unspecified atom stereocenters. The fourth-order valence-electron chi connectivity index (χ4n) is 4.51. The quantitative estimate of drug-likeness (QED) is 0.377. The van der Waals surface area contributed by atoms with E-state index in [1.165, 1.54) is 44.5 Å². The van der Waals surface area contributed by atoms with Crippen LogP contribution in [-0.4, -0.2) is 0 Å². The van der Waals surface area contributed by atoms with E-state index >= 15 is 0 Å². The van der Waals surface area contributed by atoms with Crippen molar-refractivity contribution in [1.29, 1.82) is 0 Å². The maximum Gasteiger partial charge on any atom is 0.00587 e. The van der Waals surface area contributed by atoms with Gasteiger partial charge in [0.1, 0.15) is 0 Å². The van der Waals surface area contributed by atoms with Gasteiger partial charge in [0.25, 0.3) is 0 Å². The van der Waals surface area contributed by atoms with E-state index in [1.807, 2.05) is 0 Å². The minimum Gasteiger partial charge on any atom is -0.0836 e. The average molecular weight is 334 g/mol. The van der Waals surface area contributed by atoms with Gasteiger partial charge in [-0.2, -0.15) is 0 Å². The van der Waals surface area contributed by atoms with Gasteiger partial charge in [-0.25, -0.2) is 0 Å². The molecule has 0 spiro atoms. The van der Waals surface area contributed by atoms with Gasteiger partial charge in [-0.05, 0) is 64.3 Å². The van der Waals surface area contributed by atoms with Gasteiger partial charge in [0.2, 0.25) is 0 Å². The maximum absolute atomic E-state index is 2.37. The first-order valence-electron chi connectivity index (χ1n) is 9.46. The van der Waals surface area contributed by atoms with E-state index in [0.29, 0.717) is 5.92 Å². The van der Waals surface area contributed by atoms with E-state index < -0.39 is 0 Å². The van der Waals surface area contributed by atoms with Crippen LogP contribution in [0.3, 0.4) is 0 Å². The van der Waals surface area contributed by atoms with E-state index in [0.717, 1.165) is 12.8 Å². The van der Waals surface area contributed by atoms with Gasteiger partial charge in [-0.3, -0.25) is 0 Å². The summed E-state index contributed by atoms with van der Waals surface area (Å²) >= 11 is 0. The van der Waals surface area contributed by atoms with Gasteiger partial charge in [-0.1, -0.05) is 85.0 Å². The summed E-state index contributed by atoms with van der Waals surface area (Å²) in [6, 6.07) is 22.4. The molecule has 26 heavy (non-hydrogen) atoms. The lowest BCUT2D eigenvalue weighted by Gasteiger charge is -2.17. The van der Waals surface area contributed by atoms with Crippen molar-refractivity contribution in [3.8, 4) is 22.3 Å². The fraction of sp³-hybridized carbons (Fsp3) is 0.154. The van der Waals surface area contributed by atoms with Gasteiger partial charge in [-0.15, -0.1) is 0 Å². The Hall–Kier alpha value is -2.86. The second kappa shape index (κ2) is 6.14. The Morgan fingerprint density at radius 1 is 0.769 bits per heavy atom. The molecule has 0 heteroatoms. The molecule has 0 aromatic heterocycles. The lowest BCUT2D eigenvalue weighted by atomic mass is 9.87. The molecule has 126 valence electrons. The molecular formula is C26H22. The third-order valence-corrected chi connectivity index (χ3v) is 5.72. The molecule has 0 bridgehead atoms. The van der Waals surface area contributed by atoms with Crippen molar-refractivity contribution in [2.75, 3.05) is 0 Å². The highest BCUT2D eigenvalue weighted by molar-refractivity contribution is 5.86. The zero-order chi connectivity index (χ0) is 17.5. The summed E-state index contributed by atoms with van der Waals surface area (Å²) in [6.07, 6.45) is 11.1. The highest BCUT2D eigenvalue weighted by Crippen LogP contribution is 2.45. The molecule has 0 amide bonds. The van der Waals surface area contributed by atoms with Crippen LogP contribution in [0.15, 0.2) is 85.0 Å². The van der Waals surface area contributed by atoms with E-state index in [1.54, 1.807) is 0 Å². The minimum absolute atomic E-state index is 0.505. The van der Waals surface area contributed by atoms with Gasteiger partial charge in [0, 0.05) is 5.92 Å². The summed E-state index contributed by atoms with van der Waals surface area (Å²) in [7, 11) is 0. The Kier molecular flexibility index (Phi) is 3.64. The molecule has 5 rings (SSSR count). The standard InChI is InChI=1S/C26H22/c1-18-15-23(20-11-6-3-7-12-20)26-17-25-21(19-9-4-2-5-10-19)13-8-14-22(25)24(26)16-18/h2-9,11-16,19H,10,17H2,1H3. The van der Waals surface area contributed by atoms with Crippen molar-refractivity contribution >= 4 is 0 Å². The van der Waals surface area contributed by atoms with Crippen LogP contribution in [0.2, 0.25) is 0 Å². The Morgan fingerprint density at radius 2 is 1.62 bits per heavy atom. The SMILES string of the molecule is Cc1cc(-c2ccccc2)c2c(c1)-c1cccc(C3C=CC=CC3)c1C2. The zero-order valence-electron chi connectivity index (χ0n) is 15.1. The predicted octanol–water partition coefficient (Wildman–Crippen LogP) is 6.83. The third-order valence-electron chi connectivity index (χ3n) is 5.72. The van der Waals surface area contributed by atoms with E-state index in [-0.39, 0.29) is 0 Å². The van der Waals surface area contributed by atoms with Crippen molar-refractivity contribution in [1.82, 2.24) is 0 Å². The molecule has 2 aliphatic carbocycles. The first kappa shape index (κ1) is 15.4. The molecule has 3 aromatic carbocycles.